The van der Waals surface area contributed by atoms with Crippen LogP contribution in [0.2, 0.25) is 0 Å². The topological polar surface area (TPSA) is 58.5 Å². The second-order valence-corrected chi connectivity index (χ2v) is 9.66. The van der Waals surface area contributed by atoms with Crippen molar-refractivity contribution < 1.29 is 9.18 Å². The number of rotatable bonds is 8. The van der Waals surface area contributed by atoms with E-state index in [9.17, 15) is 9.18 Å². The van der Waals surface area contributed by atoms with E-state index >= 15 is 0 Å². The molecular weight excluding hydrogens is 427 g/mol. The Morgan fingerprint density at radius 2 is 2.06 bits per heavy atom. The van der Waals surface area contributed by atoms with E-state index in [-0.39, 0.29) is 18.3 Å². The minimum absolute atomic E-state index is 0.0736. The third kappa shape index (κ3) is 5.60. The molecule has 0 radical (unpaired) electrons. The molecule has 180 valence electrons. The van der Waals surface area contributed by atoms with Crippen molar-refractivity contribution in [3.05, 3.63) is 70.6 Å². The minimum Gasteiger partial charge on any atom is -0.338 e. The molecule has 3 unspecified atom stereocenters. The highest BCUT2D eigenvalue weighted by Gasteiger charge is 2.44. The van der Waals surface area contributed by atoms with Gasteiger partial charge < -0.3 is 4.90 Å². The maximum Gasteiger partial charge on any atom is 0.254 e. The van der Waals surface area contributed by atoms with E-state index < -0.39 is 0 Å². The number of aromatic nitrogens is 2. The zero-order chi connectivity index (χ0) is 24.1. The van der Waals surface area contributed by atoms with Crippen LogP contribution in [0, 0.1) is 37.4 Å². The minimum atomic E-state index is -0.368. The Hall–Kier alpha value is -2.89. The molecule has 34 heavy (non-hydrogen) atoms. The number of fused-ring (bicyclic) bond motifs is 1. The lowest BCUT2D eigenvalue weighted by molar-refractivity contribution is -0.0120. The van der Waals surface area contributed by atoms with Crippen molar-refractivity contribution >= 4 is 12.1 Å². The Labute approximate surface area is 202 Å². The second kappa shape index (κ2) is 11.0. The Kier molecular flexibility index (Phi) is 7.86. The monoisotopic (exact) mass is 462 g/mol. The Morgan fingerprint density at radius 3 is 2.82 bits per heavy atom. The standard InChI is InChI=1S/C28H35FN4O/c1-4-5-6-13-30-17-24-23(8-7-9-26(24)29)28(34)33-14-12-22-16-21(25(22)18-33)10-11-27-31-19(2)15-20(3)32-27/h5-9,13,15,21-22,25H,4,10-12,14,16-18H2,1-3H3. The van der Waals surface area contributed by atoms with Crippen LogP contribution in [0.5, 0.6) is 0 Å². The van der Waals surface area contributed by atoms with Gasteiger partial charge in [0.15, 0.2) is 0 Å². The maximum absolute atomic E-state index is 14.6. The summed E-state index contributed by atoms with van der Waals surface area (Å²) >= 11 is 0. The van der Waals surface area contributed by atoms with Gasteiger partial charge in [0.1, 0.15) is 11.6 Å². The number of carbonyl (C=O) groups excluding carboxylic acids is 1. The number of carbonyl (C=O) groups is 1. The molecule has 2 aromatic rings. The van der Waals surface area contributed by atoms with E-state index in [4.69, 9.17) is 0 Å². The Morgan fingerprint density at radius 1 is 1.26 bits per heavy atom. The summed E-state index contributed by atoms with van der Waals surface area (Å²) in [4.78, 5) is 28.8. The molecule has 0 bridgehead atoms. The molecular formula is C28H35FN4O. The maximum atomic E-state index is 14.6. The Balaban J connectivity index is 1.40. The number of aliphatic imine (C=N–C) groups is 1. The van der Waals surface area contributed by atoms with Gasteiger partial charge >= 0.3 is 0 Å². The van der Waals surface area contributed by atoms with Gasteiger partial charge in [-0.05, 0) is 81.6 Å². The van der Waals surface area contributed by atoms with E-state index in [0.717, 1.165) is 56.0 Å². The highest BCUT2D eigenvalue weighted by atomic mass is 19.1. The normalized spacial score (nSPS) is 22.2. The summed E-state index contributed by atoms with van der Waals surface area (Å²) in [6.45, 7) is 7.73. The predicted molar refractivity (Wildman–Crippen MR) is 133 cm³/mol. The number of allylic oxidation sites excluding steroid dienone is 2. The number of aryl methyl sites for hydroxylation is 3. The third-order valence-electron chi connectivity index (χ3n) is 7.23. The molecule has 6 heteroatoms. The molecule has 1 aromatic heterocycles. The zero-order valence-corrected chi connectivity index (χ0v) is 20.5. The smallest absolute Gasteiger partial charge is 0.254 e. The van der Waals surface area contributed by atoms with Gasteiger partial charge in [-0.15, -0.1) is 0 Å². The van der Waals surface area contributed by atoms with Gasteiger partial charge in [-0.1, -0.05) is 19.1 Å². The molecule has 1 aliphatic heterocycles. The number of hydrogen-bond acceptors (Lipinski definition) is 4. The van der Waals surface area contributed by atoms with Crippen LogP contribution in [-0.2, 0) is 13.0 Å². The van der Waals surface area contributed by atoms with Gasteiger partial charge in [0.05, 0.1) is 6.54 Å². The second-order valence-electron chi connectivity index (χ2n) is 9.66. The summed E-state index contributed by atoms with van der Waals surface area (Å²) in [6, 6.07) is 6.77. The van der Waals surface area contributed by atoms with Gasteiger partial charge in [0, 0.05) is 48.2 Å². The van der Waals surface area contributed by atoms with Gasteiger partial charge in [-0.3, -0.25) is 9.79 Å². The first-order chi connectivity index (χ1) is 16.5. The average molecular weight is 463 g/mol. The summed E-state index contributed by atoms with van der Waals surface area (Å²) < 4.78 is 14.6. The van der Waals surface area contributed by atoms with Crippen molar-refractivity contribution in [2.24, 2.45) is 22.7 Å². The molecule has 2 fully saturated rings. The van der Waals surface area contributed by atoms with E-state index in [1.807, 2.05) is 43.9 Å². The Bertz CT molecular complexity index is 1060. The van der Waals surface area contributed by atoms with Crippen molar-refractivity contribution in [1.29, 1.82) is 0 Å². The molecule has 1 amide bonds. The first kappa shape index (κ1) is 24.2. The van der Waals surface area contributed by atoms with Crippen LogP contribution in [-0.4, -0.2) is 40.1 Å². The van der Waals surface area contributed by atoms with Gasteiger partial charge in [0.25, 0.3) is 5.91 Å². The fourth-order valence-electron chi connectivity index (χ4n) is 5.46. The van der Waals surface area contributed by atoms with Crippen molar-refractivity contribution in [1.82, 2.24) is 14.9 Å². The molecule has 2 aliphatic rings. The number of benzene rings is 1. The SMILES string of the molecule is CCC=CC=NCc1c(F)cccc1C(=O)N1CCC2CC(CCc3nc(C)cc(C)n3)C2C1. The fraction of sp³-hybridized carbons (Fsp3) is 0.500. The summed E-state index contributed by atoms with van der Waals surface area (Å²) in [6.07, 6.45) is 10.6. The van der Waals surface area contributed by atoms with Crippen molar-refractivity contribution in [2.75, 3.05) is 13.1 Å². The van der Waals surface area contributed by atoms with Gasteiger partial charge in [-0.2, -0.15) is 0 Å². The van der Waals surface area contributed by atoms with Gasteiger partial charge in [0.2, 0.25) is 0 Å². The lowest BCUT2D eigenvalue weighted by Gasteiger charge is -2.51. The van der Waals surface area contributed by atoms with Crippen LogP contribution in [0.3, 0.4) is 0 Å². The molecule has 1 aliphatic carbocycles. The molecule has 1 saturated carbocycles. The fourth-order valence-corrected chi connectivity index (χ4v) is 5.46. The van der Waals surface area contributed by atoms with Crippen molar-refractivity contribution in [2.45, 2.75) is 59.4 Å². The molecule has 5 nitrogen and oxygen atoms in total. The number of halogens is 1. The average Bonchev–Trinajstić information content (AvgIpc) is 2.79. The summed E-state index contributed by atoms with van der Waals surface area (Å²) in [5.74, 6) is 2.27. The van der Waals surface area contributed by atoms with Crippen molar-refractivity contribution in [3.63, 3.8) is 0 Å². The van der Waals surface area contributed by atoms with Crippen molar-refractivity contribution in [3.8, 4) is 0 Å². The van der Waals surface area contributed by atoms with Crippen LogP contribution < -0.4 is 0 Å². The first-order valence-electron chi connectivity index (χ1n) is 12.5. The predicted octanol–water partition coefficient (Wildman–Crippen LogP) is 5.50. The third-order valence-corrected chi connectivity index (χ3v) is 7.23. The van der Waals surface area contributed by atoms with Crippen LogP contribution in [0.4, 0.5) is 4.39 Å². The molecule has 1 aromatic carbocycles. The number of likely N-dealkylation sites (tertiary alicyclic amines) is 1. The van der Waals surface area contributed by atoms with Crippen LogP contribution in [0.1, 0.15) is 65.7 Å². The highest BCUT2D eigenvalue weighted by Crippen LogP contribution is 2.47. The molecule has 0 spiro atoms. The van der Waals surface area contributed by atoms with Crippen LogP contribution >= 0.6 is 0 Å². The largest absolute Gasteiger partial charge is 0.338 e. The molecule has 3 atom stereocenters. The zero-order valence-electron chi connectivity index (χ0n) is 20.5. The quantitative estimate of drug-likeness (QED) is 0.487. The molecule has 2 heterocycles. The molecule has 1 saturated heterocycles. The summed E-state index contributed by atoms with van der Waals surface area (Å²) in [5.41, 5.74) is 2.85. The van der Waals surface area contributed by atoms with E-state index in [1.165, 1.54) is 12.5 Å². The highest BCUT2D eigenvalue weighted by molar-refractivity contribution is 5.96. The molecule has 4 rings (SSSR count). The van der Waals surface area contributed by atoms with E-state index in [2.05, 4.69) is 15.0 Å². The van der Waals surface area contributed by atoms with E-state index in [0.29, 0.717) is 28.9 Å². The first-order valence-corrected chi connectivity index (χ1v) is 12.5. The summed E-state index contributed by atoms with van der Waals surface area (Å²) in [7, 11) is 0. The van der Waals surface area contributed by atoms with Crippen LogP contribution in [0.15, 0.2) is 41.4 Å². The van der Waals surface area contributed by atoms with E-state index in [1.54, 1.807) is 18.3 Å². The van der Waals surface area contributed by atoms with Crippen LogP contribution in [0.25, 0.3) is 0 Å². The molecule has 0 N–H and O–H groups in total. The number of piperidine rings is 1. The number of hydrogen-bond donors (Lipinski definition) is 0. The number of amides is 1. The number of nitrogens with zero attached hydrogens (tertiary/aromatic N) is 4. The van der Waals surface area contributed by atoms with Gasteiger partial charge in [-0.25, -0.2) is 14.4 Å². The lowest BCUT2D eigenvalue weighted by Crippen LogP contribution is -2.52. The lowest BCUT2D eigenvalue weighted by atomic mass is 9.60. The summed E-state index contributed by atoms with van der Waals surface area (Å²) in [5, 5.41) is 0.